The molecule has 100 valence electrons. The summed E-state index contributed by atoms with van der Waals surface area (Å²) in [6.45, 7) is 4.16. The fourth-order valence-corrected chi connectivity index (χ4v) is 1.88. The molecule has 0 aromatic heterocycles. The molecular formula is C13H18BrFN2O. The van der Waals surface area contributed by atoms with Crippen molar-refractivity contribution in [3.05, 3.63) is 34.1 Å². The van der Waals surface area contributed by atoms with Crippen molar-refractivity contribution < 1.29 is 9.18 Å². The van der Waals surface area contributed by atoms with E-state index < -0.39 is 6.04 Å². The van der Waals surface area contributed by atoms with Gasteiger partial charge in [-0.05, 0) is 36.1 Å². The first-order chi connectivity index (χ1) is 8.41. The lowest BCUT2D eigenvalue weighted by Gasteiger charge is -2.15. The monoisotopic (exact) mass is 316 g/mol. The second-order valence-corrected chi connectivity index (χ2v) is 5.46. The zero-order valence-corrected chi connectivity index (χ0v) is 12.1. The van der Waals surface area contributed by atoms with Crippen molar-refractivity contribution in [2.24, 2.45) is 11.7 Å². The molecule has 0 aliphatic carbocycles. The average Bonchev–Trinajstić information content (AvgIpc) is 2.32. The SMILES string of the molecule is CC(C)[C@H](N)C(=O)NCCc1cc(Br)ccc1F. The van der Waals surface area contributed by atoms with E-state index in [1.807, 2.05) is 13.8 Å². The molecule has 1 atom stereocenters. The van der Waals surface area contributed by atoms with E-state index in [0.717, 1.165) is 4.47 Å². The van der Waals surface area contributed by atoms with Gasteiger partial charge in [-0.1, -0.05) is 29.8 Å². The van der Waals surface area contributed by atoms with E-state index in [1.165, 1.54) is 6.07 Å². The van der Waals surface area contributed by atoms with Crippen LogP contribution >= 0.6 is 15.9 Å². The first-order valence-corrected chi connectivity index (χ1v) is 6.68. The van der Waals surface area contributed by atoms with Crippen LogP contribution in [0.3, 0.4) is 0 Å². The highest BCUT2D eigenvalue weighted by atomic mass is 79.9. The number of hydrogen-bond acceptors (Lipinski definition) is 2. The first-order valence-electron chi connectivity index (χ1n) is 5.89. The van der Waals surface area contributed by atoms with Crippen molar-refractivity contribution in [3.63, 3.8) is 0 Å². The van der Waals surface area contributed by atoms with Crippen LogP contribution in [0, 0.1) is 11.7 Å². The molecule has 0 bridgehead atoms. The van der Waals surface area contributed by atoms with Crippen molar-refractivity contribution in [2.75, 3.05) is 6.54 Å². The Morgan fingerprint density at radius 3 is 2.78 bits per heavy atom. The quantitative estimate of drug-likeness (QED) is 0.875. The summed E-state index contributed by atoms with van der Waals surface area (Å²) in [5.41, 5.74) is 6.27. The molecule has 0 radical (unpaired) electrons. The summed E-state index contributed by atoms with van der Waals surface area (Å²) in [4.78, 5) is 11.6. The molecule has 1 aromatic rings. The maximum absolute atomic E-state index is 13.4. The summed E-state index contributed by atoms with van der Waals surface area (Å²) in [6, 6.07) is 4.24. The molecule has 0 unspecified atom stereocenters. The molecule has 3 N–H and O–H groups in total. The maximum atomic E-state index is 13.4. The fraction of sp³-hybridized carbons (Fsp3) is 0.462. The third kappa shape index (κ3) is 4.38. The average molecular weight is 317 g/mol. The number of rotatable bonds is 5. The molecule has 1 aromatic carbocycles. The Balaban J connectivity index is 2.47. The van der Waals surface area contributed by atoms with Gasteiger partial charge in [0.25, 0.3) is 0 Å². The summed E-state index contributed by atoms with van der Waals surface area (Å²) in [6.07, 6.45) is 0.446. The van der Waals surface area contributed by atoms with Crippen molar-refractivity contribution in [1.29, 1.82) is 0 Å². The molecule has 0 saturated heterocycles. The Kier molecular flexibility index (Phi) is 5.75. The Labute approximate surface area is 115 Å². The normalized spacial score (nSPS) is 12.6. The number of hydrogen-bond donors (Lipinski definition) is 2. The maximum Gasteiger partial charge on any atom is 0.237 e. The molecule has 18 heavy (non-hydrogen) atoms. The zero-order chi connectivity index (χ0) is 13.7. The van der Waals surface area contributed by atoms with E-state index in [9.17, 15) is 9.18 Å². The van der Waals surface area contributed by atoms with Crippen LogP contribution in [0.1, 0.15) is 19.4 Å². The Morgan fingerprint density at radius 1 is 1.50 bits per heavy atom. The molecule has 1 rings (SSSR count). The molecule has 1 amide bonds. The van der Waals surface area contributed by atoms with E-state index in [0.29, 0.717) is 18.5 Å². The third-order valence-electron chi connectivity index (χ3n) is 2.72. The molecule has 0 aliphatic heterocycles. The highest BCUT2D eigenvalue weighted by Gasteiger charge is 2.16. The molecular weight excluding hydrogens is 299 g/mol. The van der Waals surface area contributed by atoms with Crippen LogP contribution in [-0.2, 0) is 11.2 Å². The van der Waals surface area contributed by atoms with Gasteiger partial charge >= 0.3 is 0 Å². The van der Waals surface area contributed by atoms with Gasteiger partial charge in [0.2, 0.25) is 5.91 Å². The van der Waals surface area contributed by atoms with E-state index in [-0.39, 0.29) is 17.6 Å². The standard InChI is InChI=1S/C13H18BrFN2O/c1-8(2)12(16)13(18)17-6-5-9-7-10(14)3-4-11(9)15/h3-4,7-8,12H,5-6,16H2,1-2H3,(H,17,18)/t12-/m0/s1. The topological polar surface area (TPSA) is 55.1 Å². The lowest BCUT2D eigenvalue weighted by molar-refractivity contribution is -0.123. The van der Waals surface area contributed by atoms with Crippen LogP contribution in [0.5, 0.6) is 0 Å². The smallest absolute Gasteiger partial charge is 0.237 e. The van der Waals surface area contributed by atoms with E-state index in [2.05, 4.69) is 21.2 Å². The molecule has 3 nitrogen and oxygen atoms in total. The van der Waals surface area contributed by atoms with Crippen molar-refractivity contribution in [3.8, 4) is 0 Å². The minimum atomic E-state index is -0.516. The molecule has 0 saturated carbocycles. The number of nitrogens with two attached hydrogens (primary N) is 1. The molecule has 0 aliphatic rings. The van der Waals surface area contributed by atoms with Crippen LogP contribution in [0.4, 0.5) is 4.39 Å². The van der Waals surface area contributed by atoms with Gasteiger partial charge < -0.3 is 11.1 Å². The minimum Gasteiger partial charge on any atom is -0.354 e. The third-order valence-corrected chi connectivity index (χ3v) is 3.22. The predicted octanol–water partition coefficient (Wildman–Crippen LogP) is 2.23. The summed E-state index contributed by atoms with van der Waals surface area (Å²) in [5.74, 6) is -0.367. The molecule has 5 heteroatoms. The van der Waals surface area contributed by atoms with Crippen molar-refractivity contribution in [1.82, 2.24) is 5.32 Å². The molecule has 0 fully saturated rings. The second-order valence-electron chi connectivity index (χ2n) is 4.55. The summed E-state index contributed by atoms with van der Waals surface area (Å²) >= 11 is 3.29. The Bertz CT molecular complexity index is 423. The van der Waals surface area contributed by atoms with Gasteiger partial charge in [-0.3, -0.25) is 4.79 Å². The van der Waals surface area contributed by atoms with Crippen molar-refractivity contribution >= 4 is 21.8 Å². The van der Waals surface area contributed by atoms with Gasteiger partial charge in [0, 0.05) is 11.0 Å². The summed E-state index contributed by atoms with van der Waals surface area (Å²) < 4.78 is 14.2. The van der Waals surface area contributed by atoms with E-state index in [4.69, 9.17) is 5.73 Å². The number of benzene rings is 1. The largest absolute Gasteiger partial charge is 0.354 e. The van der Waals surface area contributed by atoms with E-state index >= 15 is 0 Å². The van der Waals surface area contributed by atoms with Crippen LogP contribution in [0.2, 0.25) is 0 Å². The highest BCUT2D eigenvalue weighted by Crippen LogP contribution is 2.15. The van der Waals surface area contributed by atoms with Gasteiger partial charge in [-0.15, -0.1) is 0 Å². The Morgan fingerprint density at radius 2 is 2.17 bits per heavy atom. The van der Waals surface area contributed by atoms with Gasteiger partial charge in [0.1, 0.15) is 5.82 Å². The lowest BCUT2D eigenvalue weighted by atomic mass is 10.0. The number of carbonyl (C=O) groups excluding carboxylic acids is 1. The molecule has 0 spiro atoms. The predicted molar refractivity (Wildman–Crippen MR) is 73.6 cm³/mol. The fourth-order valence-electron chi connectivity index (χ4n) is 1.48. The van der Waals surface area contributed by atoms with Gasteiger partial charge in [-0.2, -0.15) is 0 Å². The van der Waals surface area contributed by atoms with Crippen LogP contribution < -0.4 is 11.1 Å². The van der Waals surface area contributed by atoms with Crippen molar-refractivity contribution in [2.45, 2.75) is 26.3 Å². The number of amides is 1. The van der Waals surface area contributed by atoms with Crippen LogP contribution in [-0.4, -0.2) is 18.5 Å². The minimum absolute atomic E-state index is 0.0904. The summed E-state index contributed by atoms with van der Waals surface area (Å²) in [7, 11) is 0. The number of halogens is 2. The number of carbonyl (C=O) groups is 1. The van der Waals surface area contributed by atoms with Gasteiger partial charge in [0.05, 0.1) is 6.04 Å². The van der Waals surface area contributed by atoms with Gasteiger partial charge in [-0.25, -0.2) is 4.39 Å². The van der Waals surface area contributed by atoms with Crippen LogP contribution in [0.25, 0.3) is 0 Å². The Hall–Kier alpha value is -0.940. The second kappa shape index (κ2) is 6.85. The zero-order valence-electron chi connectivity index (χ0n) is 10.5. The van der Waals surface area contributed by atoms with Crippen LogP contribution in [0.15, 0.2) is 22.7 Å². The van der Waals surface area contributed by atoms with Gasteiger partial charge in [0.15, 0.2) is 0 Å². The molecule has 0 heterocycles. The summed E-state index contributed by atoms with van der Waals surface area (Å²) in [5, 5.41) is 2.71. The number of nitrogens with one attached hydrogen (secondary N) is 1. The first kappa shape index (κ1) is 15.1. The highest BCUT2D eigenvalue weighted by molar-refractivity contribution is 9.10. The van der Waals surface area contributed by atoms with E-state index in [1.54, 1.807) is 12.1 Å². The lowest BCUT2D eigenvalue weighted by Crippen LogP contribution is -2.44.